The molecule has 0 aliphatic carbocycles. The molecule has 0 unspecified atom stereocenters. The normalized spacial score (nSPS) is 14.6. The van der Waals surface area contributed by atoms with Crippen LogP contribution in [0.25, 0.3) is 5.57 Å². The highest BCUT2D eigenvalue weighted by Gasteiger charge is 2.16. The number of nitrogens with zero attached hydrogens (tertiary/aromatic N) is 5. The SMILES string of the molecule is CCC(=O)N1CCC=C(c2ncccn2)CC1.CCCCC(C)=NC(=NC)c1ccc(F)c(C)c1. The fourth-order valence-electron chi connectivity index (χ4n) is 3.70. The molecular weight excluding hydrogens is 441 g/mol. The lowest BCUT2D eigenvalue weighted by Gasteiger charge is -2.19. The first-order chi connectivity index (χ1) is 16.9. The van der Waals surface area contributed by atoms with Gasteiger partial charge in [0.25, 0.3) is 0 Å². The van der Waals surface area contributed by atoms with E-state index in [-0.39, 0.29) is 11.7 Å². The summed E-state index contributed by atoms with van der Waals surface area (Å²) in [6.45, 7) is 9.41. The average molecular weight is 480 g/mol. The molecule has 1 aromatic carbocycles. The average Bonchev–Trinajstić information content (AvgIpc) is 3.14. The predicted octanol–water partition coefficient (Wildman–Crippen LogP) is 6.05. The van der Waals surface area contributed by atoms with Crippen LogP contribution >= 0.6 is 0 Å². The van der Waals surface area contributed by atoms with E-state index in [2.05, 4.69) is 33.0 Å². The molecule has 188 valence electrons. The minimum absolute atomic E-state index is 0.194. The van der Waals surface area contributed by atoms with E-state index in [1.165, 1.54) is 6.07 Å². The van der Waals surface area contributed by atoms with Crippen LogP contribution in [0, 0.1) is 12.7 Å². The molecule has 1 aliphatic rings. The van der Waals surface area contributed by atoms with Crippen molar-refractivity contribution in [3.8, 4) is 0 Å². The van der Waals surface area contributed by atoms with Crippen LogP contribution in [0.5, 0.6) is 0 Å². The van der Waals surface area contributed by atoms with Crippen molar-refractivity contribution in [2.45, 2.75) is 66.2 Å². The van der Waals surface area contributed by atoms with Crippen LogP contribution in [0.4, 0.5) is 4.39 Å². The van der Waals surface area contributed by atoms with Gasteiger partial charge >= 0.3 is 0 Å². The highest BCUT2D eigenvalue weighted by atomic mass is 19.1. The van der Waals surface area contributed by atoms with E-state index in [9.17, 15) is 9.18 Å². The van der Waals surface area contributed by atoms with Gasteiger partial charge in [-0.05, 0) is 74.9 Å². The molecule has 0 spiro atoms. The molecule has 3 rings (SSSR count). The van der Waals surface area contributed by atoms with Crippen molar-refractivity contribution in [2.24, 2.45) is 9.98 Å². The maximum absolute atomic E-state index is 13.2. The Morgan fingerprint density at radius 1 is 1.17 bits per heavy atom. The first-order valence-corrected chi connectivity index (χ1v) is 12.4. The molecule has 0 saturated carbocycles. The molecule has 0 atom stereocenters. The van der Waals surface area contributed by atoms with Crippen molar-refractivity contribution in [2.75, 3.05) is 20.1 Å². The number of aryl methyl sites for hydroxylation is 1. The number of halogens is 1. The molecule has 1 amide bonds. The summed E-state index contributed by atoms with van der Waals surface area (Å²) in [4.78, 5) is 30.8. The first kappa shape index (κ1) is 28.0. The quantitative estimate of drug-likeness (QED) is 0.374. The number of benzene rings is 1. The molecule has 0 bridgehead atoms. The van der Waals surface area contributed by atoms with Gasteiger partial charge in [-0.15, -0.1) is 0 Å². The van der Waals surface area contributed by atoms with Gasteiger partial charge in [-0.1, -0.05) is 26.3 Å². The summed E-state index contributed by atoms with van der Waals surface area (Å²) < 4.78 is 13.2. The zero-order chi connectivity index (χ0) is 25.6. The van der Waals surface area contributed by atoms with Crippen LogP contribution in [0.1, 0.15) is 76.2 Å². The van der Waals surface area contributed by atoms with Crippen LogP contribution in [-0.2, 0) is 4.79 Å². The van der Waals surface area contributed by atoms with Crippen molar-refractivity contribution < 1.29 is 9.18 Å². The van der Waals surface area contributed by atoms with E-state index in [0.717, 1.165) is 67.9 Å². The standard InChI is InChI=1S/C15H21FN2.C13H17N3O/c1-5-6-7-12(3)18-15(17-4)13-8-9-14(16)11(2)10-13;1-2-12(17)16-9-3-5-11(6-10-16)13-14-7-4-8-15-13/h8-10H,5-7H2,1-4H3;4-5,7-8H,2-3,6,9-10H2,1H3. The Bertz CT molecular complexity index is 1050. The predicted molar refractivity (Wildman–Crippen MR) is 142 cm³/mol. The highest BCUT2D eigenvalue weighted by Crippen LogP contribution is 2.19. The topological polar surface area (TPSA) is 70.8 Å². The minimum Gasteiger partial charge on any atom is -0.342 e. The number of hydrogen-bond acceptors (Lipinski definition) is 4. The molecule has 0 saturated heterocycles. The largest absolute Gasteiger partial charge is 0.342 e. The zero-order valence-corrected chi connectivity index (χ0v) is 21.7. The summed E-state index contributed by atoms with van der Waals surface area (Å²) >= 11 is 0. The maximum Gasteiger partial charge on any atom is 0.222 e. The number of carbonyl (C=O) groups excluding carboxylic acids is 1. The Balaban J connectivity index is 0.000000247. The van der Waals surface area contributed by atoms with E-state index in [1.807, 2.05) is 24.8 Å². The molecule has 35 heavy (non-hydrogen) atoms. The number of aromatic nitrogens is 2. The van der Waals surface area contributed by atoms with Gasteiger partial charge in [-0.25, -0.2) is 19.4 Å². The fraction of sp³-hybridized carbons (Fsp3) is 0.464. The molecular formula is C28H38FN5O. The van der Waals surface area contributed by atoms with Gasteiger partial charge in [0.1, 0.15) is 5.82 Å². The molecule has 0 fully saturated rings. The fourth-order valence-corrected chi connectivity index (χ4v) is 3.70. The van der Waals surface area contributed by atoms with E-state index < -0.39 is 0 Å². The third kappa shape index (κ3) is 9.15. The van der Waals surface area contributed by atoms with Gasteiger partial charge in [0.05, 0.1) is 0 Å². The highest BCUT2D eigenvalue weighted by molar-refractivity contribution is 6.06. The van der Waals surface area contributed by atoms with Crippen LogP contribution < -0.4 is 0 Å². The second-order valence-corrected chi connectivity index (χ2v) is 8.54. The Hall–Kier alpha value is -3.22. The Kier molecular flexibility index (Phi) is 11.9. The van der Waals surface area contributed by atoms with Crippen LogP contribution in [0.15, 0.2) is 52.7 Å². The van der Waals surface area contributed by atoms with Gasteiger partial charge in [-0.3, -0.25) is 9.79 Å². The Labute approximate surface area is 209 Å². The number of amidine groups is 1. The number of hydrogen-bond donors (Lipinski definition) is 0. The third-order valence-corrected chi connectivity index (χ3v) is 5.77. The summed E-state index contributed by atoms with van der Waals surface area (Å²) in [6, 6.07) is 6.79. The second-order valence-electron chi connectivity index (χ2n) is 8.54. The van der Waals surface area contributed by atoms with E-state index >= 15 is 0 Å². The van der Waals surface area contributed by atoms with Crippen molar-refractivity contribution in [1.29, 1.82) is 0 Å². The van der Waals surface area contributed by atoms with Gasteiger partial charge in [0.15, 0.2) is 11.7 Å². The molecule has 0 N–H and O–H groups in total. The summed E-state index contributed by atoms with van der Waals surface area (Å²) in [5.41, 5.74) is 3.71. The lowest BCUT2D eigenvalue weighted by molar-refractivity contribution is -0.130. The van der Waals surface area contributed by atoms with Gasteiger partial charge in [0.2, 0.25) is 5.91 Å². The monoisotopic (exact) mass is 479 g/mol. The molecule has 2 aromatic rings. The van der Waals surface area contributed by atoms with Crippen LogP contribution in [0.3, 0.4) is 0 Å². The Morgan fingerprint density at radius 2 is 1.91 bits per heavy atom. The summed E-state index contributed by atoms with van der Waals surface area (Å²) in [5.74, 6) is 1.50. The Morgan fingerprint density at radius 3 is 2.54 bits per heavy atom. The molecule has 2 heterocycles. The molecule has 7 heteroatoms. The summed E-state index contributed by atoms with van der Waals surface area (Å²) in [7, 11) is 1.71. The van der Waals surface area contributed by atoms with Crippen molar-refractivity contribution in [3.05, 3.63) is 65.5 Å². The number of aliphatic imine (C=N–C) groups is 2. The van der Waals surface area contributed by atoms with Crippen LogP contribution in [0.2, 0.25) is 0 Å². The van der Waals surface area contributed by atoms with Gasteiger partial charge in [0, 0.05) is 50.2 Å². The lowest BCUT2D eigenvalue weighted by Crippen LogP contribution is -2.31. The number of unbranched alkanes of at least 4 members (excludes halogenated alkanes) is 1. The van der Waals surface area contributed by atoms with E-state index in [0.29, 0.717) is 17.8 Å². The minimum atomic E-state index is -0.194. The van der Waals surface area contributed by atoms with Crippen LogP contribution in [-0.4, -0.2) is 52.5 Å². The molecule has 6 nitrogen and oxygen atoms in total. The number of amides is 1. The van der Waals surface area contributed by atoms with Crippen molar-refractivity contribution in [1.82, 2.24) is 14.9 Å². The number of carbonyl (C=O) groups is 1. The van der Waals surface area contributed by atoms with Crippen molar-refractivity contribution in [3.63, 3.8) is 0 Å². The maximum atomic E-state index is 13.2. The molecule has 0 radical (unpaired) electrons. The summed E-state index contributed by atoms with van der Waals surface area (Å²) in [6.07, 6.45) is 11.2. The first-order valence-electron chi connectivity index (χ1n) is 12.4. The smallest absolute Gasteiger partial charge is 0.222 e. The van der Waals surface area contributed by atoms with Gasteiger partial charge < -0.3 is 4.90 Å². The van der Waals surface area contributed by atoms with Gasteiger partial charge in [-0.2, -0.15) is 0 Å². The second kappa shape index (κ2) is 14.9. The lowest BCUT2D eigenvalue weighted by atomic mass is 10.1. The van der Waals surface area contributed by atoms with E-state index in [1.54, 1.807) is 38.5 Å². The zero-order valence-electron chi connectivity index (χ0n) is 21.7. The molecule has 1 aliphatic heterocycles. The summed E-state index contributed by atoms with van der Waals surface area (Å²) in [5, 5.41) is 0. The third-order valence-electron chi connectivity index (χ3n) is 5.77. The molecule has 1 aromatic heterocycles. The van der Waals surface area contributed by atoms with E-state index in [4.69, 9.17) is 0 Å². The number of rotatable bonds is 6. The van der Waals surface area contributed by atoms with Crippen molar-refractivity contribution >= 4 is 23.0 Å².